The molecule has 0 spiro atoms. The van der Waals surface area contributed by atoms with Gasteiger partial charge in [0.05, 0.1) is 17.2 Å². The summed E-state index contributed by atoms with van der Waals surface area (Å²) in [6.07, 6.45) is 4.59. The smallest absolute Gasteiger partial charge is 0.253 e. The van der Waals surface area contributed by atoms with Crippen LogP contribution in [0.2, 0.25) is 0 Å². The number of fused-ring (bicyclic) bond motifs is 3. The van der Waals surface area contributed by atoms with Crippen molar-refractivity contribution in [3.05, 3.63) is 107 Å². The molecule has 3 aliphatic heterocycles. The lowest BCUT2D eigenvalue weighted by Crippen LogP contribution is -2.54. The average molecular weight is 569 g/mol. The molecule has 2 bridgehead atoms. The fraction of sp³-hybridized carbons (Fsp3) is 0.303. The van der Waals surface area contributed by atoms with Crippen molar-refractivity contribution in [1.82, 2.24) is 14.9 Å². The highest BCUT2D eigenvalue weighted by Gasteiger charge is 2.37. The molecule has 1 amide bonds. The Hall–Kier alpha value is -4.53. The van der Waals surface area contributed by atoms with Gasteiger partial charge in [-0.25, -0.2) is 13.8 Å². The third-order valence-electron chi connectivity index (χ3n) is 8.33. The summed E-state index contributed by atoms with van der Waals surface area (Å²) in [7, 11) is 0. The van der Waals surface area contributed by atoms with E-state index in [1.165, 1.54) is 0 Å². The Morgan fingerprint density at radius 1 is 0.952 bits per heavy atom. The van der Waals surface area contributed by atoms with Gasteiger partial charge in [-0.1, -0.05) is 36.4 Å². The third-order valence-corrected chi connectivity index (χ3v) is 8.33. The second-order valence-corrected chi connectivity index (χ2v) is 11.5. The standard InChI is InChI=1S/C33H30F2N4O3/c1-20-9-24(7-8-25(20)30-19-41-32(42-30)11-21-5-3-2-4-6-21)33(40)39-17-22-10-23(18-39)16-38(15-22)31-14-36-28-12-26(34)27(35)13-29(28)37-31/h2-9,12-14,19,22-23,32H,10-11,15-18H2,1H3. The van der Waals surface area contributed by atoms with Crippen LogP contribution in [0.15, 0.2) is 73.1 Å². The number of piperidine rings is 2. The number of hydrogen-bond donors (Lipinski definition) is 0. The van der Waals surface area contributed by atoms with Gasteiger partial charge >= 0.3 is 0 Å². The van der Waals surface area contributed by atoms with Crippen LogP contribution in [0, 0.1) is 30.4 Å². The monoisotopic (exact) mass is 568 g/mol. The summed E-state index contributed by atoms with van der Waals surface area (Å²) < 4.78 is 39.2. The molecule has 4 heterocycles. The Kier molecular flexibility index (Phi) is 6.72. The molecule has 1 aromatic heterocycles. The lowest BCUT2D eigenvalue weighted by Gasteiger charge is -2.46. The molecule has 0 N–H and O–H groups in total. The van der Waals surface area contributed by atoms with E-state index in [9.17, 15) is 13.6 Å². The number of likely N-dealkylation sites (tertiary alicyclic amines) is 1. The van der Waals surface area contributed by atoms with Gasteiger partial charge in [-0.2, -0.15) is 0 Å². The van der Waals surface area contributed by atoms with Crippen molar-refractivity contribution in [3.63, 3.8) is 0 Å². The second kappa shape index (κ2) is 10.7. The van der Waals surface area contributed by atoms with E-state index < -0.39 is 11.6 Å². The van der Waals surface area contributed by atoms with E-state index in [0.717, 1.165) is 48.3 Å². The van der Waals surface area contributed by atoms with Crippen molar-refractivity contribution in [1.29, 1.82) is 0 Å². The number of carbonyl (C=O) groups excluding carboxylic acids is 1. The molecular formula is C33H30F2N4O3. The lowest BCUT2D eigenvalue weighted by atomic mass is 9.84. The maximum absolute atomic E-state index is 13.8. The topological polar surface area (TPSA) is 67.8 Å². The minimum atomic E-state index is -0.935. The predicted molar refractivity (Wildman–Crippen MR) is 154 cm³/mol. The van der Waals surface area contributed by atoms with E-state index in [4.69, 9.17) is 9.47 Å². The first-order chi connectivity index (χ1) is 20.4. The number of rotatable bonds is 5. The zero-order chi connectivity index (χ0) is 28.8. The number of amides is 1. The molecule has 9 heteroatoms. The second-order valence-electron chi connectivity index (χ2n) is 11.5. The maximum Gasteiger partial charge on any atom is 0.253 e. The fourth-order valence-corrected chi connectivity index (χ4v) is 6.40. The van der Waals surface area contributed by atoms with Crippen molar-refractivity contribution >= 4 is 28.5 Å². The van der Waals surface area contributed by atoms with Crippen molar-refractivity contribution < 1.29 is 23.0 Å². The van der Waals surface area contributed by atoms with Crippen molar-refractivity contribution in [2.45, 2.75) is 26.1 Å². The first kappa shape index (κ1) is 26.4. The summed E-state index contributed by atoms with van der Waals surface area (Å²) >= 11 is 0. The summed E-state index contributed by atoms with van der Waals surface area (Å²) in [6.45, 7) is 4.72. The number of ether oxygens (including phenoxy) is 2. The molecule has 0 radical (unpaired) electrons. The van der Waals surface area contributed by atoms with Crippen LogP contribution in [0.25, 0.3) is 16.8 Å². The molecule has 0 aliphatic carbocycles. The Bertz CT molecular complexity index is 1680. The Labute approximate surface area is 242 Å². The van der Waals surface area contributed by atoms with Gasteiger partial charge in [-0.15, -0.1) is 0 Å². The Balaban J connectivity index is 1.00. The summed E-state index contributed by atoms with van der Waals surface area (Å²) in [6, 6.07) is 18.0. The maximum atomic E-state index is 13.8. The Morgan fingerprint density at radius 3 is 2.43 bits per heavy atom. The minimum Gasteiger partial charge on any atom is -0.458 e. The number of aryl methyl sites for hydroxylation is 1. The van der Waals surface area contributed by atoms with Crippen LogP contribution in [0.5, 0.6) is 0 Å². The van der Waals surface area contributed by atoms with Crippen LogP contribution >= 0.6 is 0 Å². The number of carbonyl (C=O) groups is 1. The van der Waals surface area contributed by atoms with Gasteiger partial charge in [0, 0.05) is 55.9 Å². The van der Waals surface area contributed by atoms with Crippen LogP contribution in [0.4, 0.5) is 14.6 Å². The van der Waals surface area contributed by atoms with E-state index in [1.54, 1.807) is 12.5 Å². The van der Waals surface area contributed by atoms with Crippen molar-refractivity contribution in [2.24, 2.45) is 11.8 Å². The number of halogens is 2. The summed E-state index contributed by atoms with van der Waals surface area (Å²) in [5, 5.41) is 0. The SMILES string of the molecule is Cc1cc(C(=O)N2CC3CC(C2)CN(c2cnc4cc(F)c(F)cc4n2)C3)ccc1C1=COC(Cc2ccccc2)O1. The number of nitrogens with zero attached hydrogens (tertiary/aromatic N) is 4. The summed E-state index contributed by atoms with van der Waals surface area (Å²) in [5.41, 5.74) is 4.31. The van der Waals surface area contributed by atoms with Gasteiger partial charge in [-0.05, 0) is 48.4 Å². The van der Waals surface area contributed by atoms with Crippen LogP contribution < -0.4 is 4.90 Å². The van der Waals surface area contributed by atoms with Crippen LogP contribution in [-0.2, 0) is 15.9 Å². The van der Waals surface area contributed by atoms with E-state index in [0.29, 0.717) is 47.7 Å². The molecule has 7 nitrogen and oxygen atoms in total. The molecule has 3 atom stereocenters. The molecule has 4 aromatic rings. The van der Waals surface area contributed by atoms with Crippen LogP contribution in [0.3, 0.4) is 0 Å². The molecule has 2 fully saturated rings. The molecule has 2 saturated heterocycles. The van der Waals surface area contributed by atoms with Gasteiger partial charge in [0.1, 0.15) is 12.1 Å². The van der Waals surface area contributed by atoms with E-state index in [-0.39, 0.29) is 24.0 Å². The highest BCUT2D eigenvalue weighted by molar-refractivity contribution is 5.95. The molecule has 7 rings (SSSR count). The number of anilines is 1. The first-order valence-corrected chi connectivity index (χ1v) is 14.2. The molecule has 0 saturated carbocycles. The fourth-order valence-electron chi connectivity index (χ4n) is 6.40. The predicted octanol–water partition coefficient (Wildman–Crippen LogP) is 5.73. The van der Waals surface area contributed by atoms with Gasteiger partial charge in [-0.3, -0.25) is 9.78 Å². The lowest BCUT2D eigenvalue weighted by molar-refractivity contribution is -0.0136. The molecule has 3 aliphatic rings. The van der Waals surface area contributed by atoms with Gasteiger partial charge in [0.2, 0.25) is 6.29 Å². The quantitative estimate of drug-likeness (QED) is 0.307. The van der Waals surface area contributed by atoms with Crippen molar-refractivity contribution in [3.8, 4) is 0 Å². The average Bonchev–Trinajstić information content (AvgIpc) is 3.45. The van der Waals surface area contributed by atoms with Crippen molar-refractivity contribution in [2.75, 3.05) is 31.1 Å². The highest BCUT2D eigenvalue weighted by atomic mass is 19.2. The van der Waals surface area contributed by atoms with E-state index >= 15 is 0 Å². The zero-order valence-corrected chi connectivity index (χ0v) is 23.2. The highest BCUT2D eigenvalue weighted by Crippen LogP contribution is 2.33. The zero-order valence-electron chi connectivity index (χ0n) is 23.2. The van der Waals surface area contributed by atoms with Gasteiger partial charge < -0.3 is 19.3 Å². The summed E-state index contributed by atoms with van der Waals surface area (Å²) in [4.78, 5) is 26.6. The largest absolute Gasteiger partial charge is 0.458 e. The third kappa shape index (κ3) is 5.15. The first-order valence-electron chi connectivity index (χ1n) is 14.2. The van der Waals surface area contributed by atoms with Crippen LogP contribution in [-0.4, -0.2) is 53.2 Å². The van der Waals surface area contributed by atoms with Gasteiger partial charge in [0.15, 0.2) is 17.4 Å². The Morgan fingerprint density at radius 2 is 1.69 bits per heavy atom. The van der Waals surface area contributed by atoms with Crippen LogP contribution in [0.1, 0.15) is 33.5 Å². The molecule has 3 aromatic carbocycles. The number of aromatic nitrogens is 2. The van der Waals surface area contributed by atoms with Gasteiger partial charge in [0.25, 0.3) is 5.91 Å². The normalized spacial score (nSPS) is 21.6. The molecule has 3 unspecified atom stereocenters. The van der Waals surface area contributed by atoms with E-state index in [2.05, 4.69) is 14.9 Å². The molecule has 214 valence electrons. The number of benzene rings is 3. The molecular weight excluding hydrogens is 538 g/mol. The van der Waals surface area contributed by atoms with E-state index in [1.807, 2.05) is 60.4 Å². The molecule has 42 heavy (non-hydrogen) atoms. The number of hydrogen-bond acceptors (Lipinski definition) is 6. The summed E-state index contributed by atoms with van der Waals surface area (Å²) in [5.74, 6) is 0.0275. The minimum absolute atomic E-state index is 0.0234.